The average molecular weight is 262 g/mol. The maximum absolute atomic E-state index is 11.4. The molecule has 4 nitrogen and oxygen atoms in total. The van der Waals surface area contributed by atoms with Crippen LogP contribution < -0.4 is 10.5 Å². The van der Waals surface area contributed by atoms with Gasteiger partial charge in [-0.25, -0.2) is 13.6 Å². The molecular formula is C13H14N2O2S. The van der Waals surface area contributed by atoms with Crippen molar-refractivity contribution in [1.29, 1.82) is 0 Å². The van der Waals surface area contributed by atoms with E-state index in [2.05, 4.69) is 5.32 Å². The Balaban J connectivity index is 2.20. The van der Waals surface area contributed by atoms with Gasteiger partial charge >= 0.3 is 0 Å². The lowest BCUT2D eigenvalue weighted by Crippen LogP contribution is -2.14. The third-order valence-corrected chi connectivity index (χ3v) is 3.49. The van der Waals surface area contributed by atoms with E-state index in [1.807, 2.05) is 30.3 Å². The van der Waals surface area contributed by atoms with Gasteiger partial charge in [-0.05, 0) is 17.7 Å². The maximum Gasteiger partial charge on any atom is 0.240 e. The second kappa shape index (κ2) is 5.20. The fourth-order valence-corrected chi connectivity index (χ4v) is 2.37. The molecule has 0 saturated heterocycles. The minimum Gasteiger partial charge on any atom is -0.380 e. The third kappa shape index (κ3) is 3.09. The van der Waals surface area contributed by atoms with Gasteiger partial charge in [-0.3, -0.25) is 0 Å². The summed E-state index contributed by atoms with van der Waals surface area (Å²) in [5.74, 6) is 0. The summed E-state index contributed by atoms with van der Waals surface area (Å²) in [6.07, 6.45) is 0. The summed E-state index contributed by atoms with van der Waals surface area (Å²) >= 11 is 0. The zero-order valence-corrected chi connectivity index (χ0v) is 10.5. The van der Waals surface area contributed by atoms with Crippen LogP contribution in [0, 0.1) is 0 Å². The molecular weight excluding hydrogens is 248 g/mol. The van der Waals surface area contributed by atoms with Crippen molar-refractivity contribution in [2.75, 3.05) is 5.32 Å². The van der Waals surface area contributed by atoms with Gasteiger partial charge in [-0.2, -0.15) is 0 Å². The van der Waals surface area contributed by atoms with Crippen LogP contribution in [0.1, 0.15) is 5.56 Å². The Kier molecular flexibility index (Phi) is 3.64. The van der Waals surface area contributed by atoms with Crippen molar-refractivity contribution >= 4 is 15.7 Å². The van der Waals surface area contributed by atoms with Gasteiger partial charge in [-0.15, -0.1) is 0 Å². The van der Waals surface area contributed by atoms with Crippen molar-refractivity contribution in [3.63, 3.8) is 0 Å². The molecule has 0 saturated carbocycles. The van der Waals surface area contributed by atoms with Gasteiger partial charge in [0.25, 0.3) is 0 Å². The molecule has 2 aromatic rings. The van der Waals surface area contributed by atoms with Crippen LogP contribution in [0.15, 0.2) is 59.5 Å². The molecule has 18 heavy (non-hydrogen) atoms. The van der Waals surface area contributed by atoms with E-state index in [1.165, 1.54) is 6.07 Å². The molecule has 0 aliphatic rings. The zero-order chi connectivity index (χ0) is 13.0. The number of nitrogens with one attached hydrogen (secondary N) is 1. The van der Waals surface area contributed by atoms with E-state index < -0.39 is 10.0 Å². The molecule has 0 fully saturated rings. The molecule has 0 radical (unpaired) electrons. The summed E-state index contributed by atoms with van der Waals surface area (Å²) < 4.78 is 22.8. The lowest BCUT2D eigenvalue weighted by atomic mass is 10.2. The molecule has 0 amide bonds. The second-order valence-corrected chi connectivity index (χ2v) is 5.41. The molecule has 94 valence electrons. The highest BCUT2D eigenvalue weighted by atomic mass is 32.2. The van der Waals surface area contributed by atoms with Gasteiger partial charge in [0.2, 0.25) is 10.0 Å². The van der Waals surface area contributed by atoms with Gasteiger partial charge in [-0.1, -0.05) is 42.5 Å². The van der Waals surface area contributed by atoms with Crippen molar-refractivity contribution in [2.45, 2.75) is 11.4 Å². The summed E-state index contributed by atoms with van der Waals surface area (Å²) in [5.41, 5.74) is 1.59. The van der Waals surface area contributed by atoms with Gasteiger partial charge < -0.3 is 5.32 Å². The molecule has 2 aromatic carbocycles. The molecule has 3 N–H and O–H groups in total. The highest BCUT2D eigenvalue weighted by molar-refractivity contribution is 7.89. The van der Waals surface area contributed by atoms with Crippen molar-refractivity contribution in [3.8, 4) is 0 Å². The fourth-order valence-electron chi connectivity index (χ4n) is 1.65. The van der Waals surface area contributed by atoms with Gasteiger partial charge in [0, 0.05) is 6.54 Å². The first-order chi connectivity index (χ1) is 8.57. The minimum atomic E-state index is -3.70. The van der Waals surface area contributed by atoms with E-state index in [9.17, 15) is 8.42 Å². The Bertz CT molecular complexity index is 624. The number of hydrogen-bond donors (Lipinski definition) is 2. The Labute approximate surface area is 107 Å². The molecule has 0 aromatic heterocycles. The maximum atomic E-state index is 11.4. The molecule has 0 heterocycles. The second-order valence-electron chi connectivity index (χ2n) is 3.88. The number of nitrogens with two attached hydrogens (primary N) is 1. The Morgan fingerprint density at radius 1 is 0.944 bits per heavy atom. The standard InChI is InChI=1S/C13H14N2O2S/c14-18(16,17)13-9-5-4-8-12(13)15-10-11-6-2-1-3-7-11/h1-9,15H,10H2,(H2,14,16,17). The fraction of sp³-hybridized carbons (Fsp3) is 0.0769. The summed E-state index contributed by atoms with van der Waals surface area (Å²) in [5, 5.41) is 8.24. The van der Waals surface area contributed by atoms with Crippen LogP contribution in [-0.4, -0.2) is 8.42 Å². The largest absolute Gasteiger partial charge is 0.380 e. The van der Waals surface area contributed by atoms with Crippen molar-refractivity contribution in [1.82, 2.24) is 0 Å². The van der Waals surface area contributed by atoms with Gasteiger partial charge in [0.15, 0.2) is 0 Å². The Morgan fingerprint density at radius 2 is 1.56 bits per heavy atom. The van der Waals surface area contributed by atoms with Gasteiger partial charge in [0.05, 0.1) is 5.69 Å². The SMILES string of the molecule is NS(=O)(=O)c1ccccc1NCc1ccccc1. The molecule has 0 spiro atoms. The predicted octanol–water partition coefficient (Wildman–Crippen LogP) is 1.95. The summed E-state index contributed by atoms with van der Waals surface area (Å²) in [7, 11) is -3.70. The van der Waals surface area contributed by atoms with Crippen LogP contribution in [0.25, 0.3) is 0 Å². The number of para-hydroxylation sites is 1. The summed E-state index contributed by atoms with van der Waals surface area (Å²) in [6, 6.07) is 16.3. The molecule has 5 heteroatoms. The van der Waals surface area contributed by atoms with Gasteiger partial charge in [0.1, 0.15) is 4.90 Å². The number of sulfonamides is 1. The molecule has 0 aliphatic heterocycles. The van der Waals surface area contributed by atoms with E-state index in [0.717, 1.165) is 5.56 Å². The number of hydrogen-bond acceptors (Lipinski definition) is 3. The predicted molar refractivity (Wildman–Crippen MR) is 71.6 cm³/mol. The van der Waals surface area contributed by atoms with Crippen LogP contribution in [0.5, 0.6) is 0 Å². The van der Waals surface area contributed by atoms with E-state index in [-0.39, 0.29) is 4.90 Å². The molecule has 2 rings (SSSR count). The third-order valence-electron chi connectivity index (χ3n) is 2.52. The first-order valence-corrected chi connectivity index (χ1v) is 7.01. The smallest absolute Gasteiger partial charge is 0.240 e. The van der Waals surface area contributed by atoms with Crippen LogP contribution in [0.2, 0.25) is 0 Å². The van der Waals surface area contributed by atoms with E-state index in [4.69, 9.17) is 5.14 Å². The minimum absolute atomic E-state index is 0.112. The Hall–Kier alpha value is -1.85. The van der Waals surface area contributed by atoms with Crippen molar-refractivity contribution < 1.29 is 8.42 Å². The lowest BCUT2D eigenvalue weighted by Gasteiger charge is -2.10. The molecule has 0 atom stereocenters. The first-order valence-electron chi connectivity index (χ1n) is 5.47. The number of rotatable bonds is 4. The zero-order valence-electron chi connectivity index (χ0n) is 9.71. The van der Waals surface area contributed by atoms with Crippen LogP contribution in [0.3, 0.4) is 0 Å². The quantitative estimate of drug-likeness (QED) is 0.884. The highest BCUT2D eigenvalue weighted by Crippen LogP contribution is 2.19. The van der Waals surface area contributed by atoms with E-state index >= 15 is 0 Å². The highest BCUT2D eigenvalue weighted by Gasteiger charge is 2.12. The van der Waals surface area contributed by atoms with Crippen molar-refractivity contribution in [3.05, 3.63) is 60.2 Å². The summed E-state index contributed by atoms with van der Waals surface area (Å²) in [6.45, 7) is 0.549. The first kappa shape index (κ1) is 12.6. The average Bonchev–Trinajstić information content (AvgIpc) is 2.37. The van der Waals surface area contributed by atoms with Crippen LogP contribution in [-0.2, 0) is 16.6 Å². The number of benzene rings is 2. The molecule has 0 bridgehead atoms. The topological polar surface area (TPSA) is 72.2 Å². The lowest BCUT2D eigenvalue weighted by molar-refractivity contribution is 0.598. The van der Waals surface area contributed by atoms with Crippen molar-refractivity contribution in [2.24, 2.45) is 5.14 Å². The number of primary sulfonamides is 1. The normalized spacial score (nSPS) is 11.2. The molecule has 0 unspecified atom stereocenters. The monoisotopic (exact) mass is 262 g/mol. The number of anilines is 1. The Morgan fingerprint density at radius 3 is 2.22 bits per heavy atom. The van der Waals surface area contributed by atoms with E-state index in [0.29, 0.717) is 12.2 Å². The van der Waals surface area contributed by atoms with Crippen LogP contribution in [0.4, 0.5) is 5.69 Å². The molecule has 0 aliphatic carbocycles. The van der Waals surface area contributed by atoms with Crippen LogP contribution >= 0.6 is 0 Å². The van der Waals surface area contributed by atoms with E-state index in [1.54, 1.807) is 18.2 Å². The summed E-state index contributed by atoms with van der Waals surface area (Å²) in [4.78, 5) is 0.112.